The SMILES string of the molecule is CC1(C)CN(Cc2cncs2)CC(C(F)(F)F)O1. The van der Waals surface area contributed by atoms with E-state index in [9.17, 15) is 13.2 Å². The molecule has 0 saturated carbocycles. The van der Waals surface area contributed by atoms with Gasteiger partial charge in [0, 0.05) is 30.7 Å². The van der Waals surface area contributed by atoms with Crippen LogP contribution in [0.1, 0.15) is 18.7 Å². The van der Waals surface area contributed by atoms with E-state index in [1.807, 2.05) is 0 Å². The minimum Gasteiger partial charge on any atom is -0.360 e. The predicted octanol–water partition coefficient (Wildman–Crippen LogP) is 2.68. The largest absolute Gasteiger partial charge is 0.415 e. The molecule has 0 spiro atoms. The Balaban J connectivity index is 2.07. The van der Waals surface area contributed by atoms with Crippen LogP contribution in [-0.4, -0.2) is 40.9 Å². The maximum atomic E-state index is 12.8. The molecular formula is C11H15F3N2OS. The molecule has 0 aromatic carbocycles. The van der Waals surface area contributed by atoms with Crippen molar-refractivity contribution < 1.29 is 17.9 Å². The second-order valence-electron chi connectivity index (χ2n) is 5.05. The van der Waals surface area contributed by atoms with Crippen LogP contribution in [0.5, 0.6) is 0 Å². The van der Waals surface area contributed by atoms with Crippen molar-refractivity contribution in [2.45, 2.75) is 38.3 Å². The van der Waals surface area contributed by atoms with Gasteiger partial charge in [0.05, 0.1) is 11.1 Å². The van der Waals surface area contributed by atoms with Gasteiger partial charge in [-0.25, -0.2) is 0 Å². The van der Waals surface area contributed by atoms with Crippen LogP contribution < -0.4 is 0 Å². The maximum absolute atomic E-state index is 12.8. The molecule has 1 atom stereocenters. The van der Waals surface area contributed by atoms with E-state index in [0.29, 0.717) is 13.1 Å². The molecule has 0 radical (unpaired) electrons. The van der Waals surface area contributed by atoms with Gasteiger partial charge in [-0.1, -0.05) is 0 Å². The highest BCUT2D eigenvalue weighted by atomic mass is 32.1. The molecular weight excluding hydrogens is 265 g/mol. The molecule has 18 heavy (non-hydrogen) atoms. The van der Waals surface area contributed by atoms with Gasteiger partial charge in [-0.15, -0.1) is 11.3 Å². The van der Waals surface area contributed by atoms with Gasteiger partial charge in [0.15, 0.2) is 6.10 Å². The Morgan fingerprint density at radius 3 is 2.83 bits per heavy atom. The van der Waals surface area contributed by atoms with Gasteiger partial charge in [0.1, 0.15) is 0 Å². The summed E-state index contributed by atoms with van der Waals surface area (Å²) in [5.41, 5.74) is 0.894. The lowest BCUT2D eigenvalue weighted by atomic mass is 10.0. The summed E-state index contributed by atoms with van der Waals surface area (Å²) < 4.78 is 43.4. The Hall–Kier alpha value is -0.660. The number of halogens is 3. The average Bonchev–Trinajstić information content (AvgIpc) is 2.66. The lowest BCUT2D eigenvalue weighted by Crippen LogP contribution is -2.56. The van der Waals surface area contributed by atoms with Gasteiger partial charge in [-0.05, 0) is 13.8 Å². The molecule has 1 aromatic rings. The molecule has 7 heteroatoms. The fraction of sp³-hybridized carbons (Fsp3) is 0.727. The first-order valence-electron chi connectivity index (χ1n) is 5.60. The van der Waals surface area contributed by atoms with Crippen molar-refractivity contribution in [1.82, 2.24) is 9.88 Å². The van der Waals surface area contributed by atoms with Crippen LogP contribution in [0.15, 0.2) is 11.7 Å². The zero-order valence-electron chi connectivity index (χ0n) is 10.2. The van der Waals surface area contributed by atoms with Crippen molar-refractivity contribution in [3.63, 3.8) is 0 Å². The molecule has 102 valence electrons. The second-order valence-corrected chi connectivity index (χ2v) is 6.02. The third-order valence-electron chi connectivity index (χ3n) is 2.72. The summed E-state index contributed by atoms with van der Waals surface area (Å²) >= 11 is 1.45. The molecule has 0 amide bonds. The number of rotatable bonds is 2. The molecule has 3 nitrogen and oxygen atoms in total. The topological polar surface area (TPSA) is 25.4 Å². The standard InChI is InChI=1S/C11H15F3N2OS/c1-10(2)6-16(4-8-3-15-7-18-8)5-9(17-10)11(12,13)14/h3,7,9H,4-6H2,1-2H3. The van der Waals surface area contributed by atoms with Gasteiger partial charge in [-0.3, -0.25) is 9.88 Å². The summed E-state index contributed by atoms with van der Waals surface area (Å²) in [4.78, 5) is 6.67. The fourth-order valence-corrected chi connectivity index (χ4v) is 2.76. The molecule has 2 rings (SSSR count). The Kier molecular flexibility index (Phi) is 3.66. The number of alkyl halides is 3. The third-order valence-corrected chi connectivity index (χ3v) is 3.48. The highest BCUT2D eigenvalue weighted by Crippen LogP contribution is 2.32. The van der Waals surface area contributed by atoms with E-state index in [1.54, 1.807) is 30.5 Å². The van der Waals surface area contributed by atoms with Crippen molar-refractivity contribution in [2.24, 2.45) is 0 Å². The van der Waals surface area contributed by atoms with E-state index >= 15 is 0 Å². The van der Waals surface area contributed by atoms with Crippen LogP contribution in [0.4, 0.5) is 13.2 Å². The van der Waals surface area contributed by atoms with Crippen molar-refractivity contribution in [3.8, 4) is 0 Å². The predicted molar refractivity (Wildman–Crippen MR) is 62.4 cm³/mol. The van der Waals surface area contributed by atoms with Crippen LogP contribution in [0.25, 0.3) is 0 Å². The summed E-state index contributed by atoms with van der Waals surface area (Å²) in [7, 11) is 0. The van der Waals surface area contributed by atoms with Crippen LogP contribution in [-0.2, 0) is 11.3 Å². The number of aromatic nitrogens is 1. The average molecular weight is 280 g/mol. The minimum atomic E-state index is -4.32. The van der Waals surface area contributed by atoms with Crippen molar-refractivity contribution in [3.05, 3.63) is 16.6 Å². The second kappa shape index (κ2) is 4.79. The summed E-state index contributed by atoms with van der Waals surface area (Å²) in [6.45, 7) is 4.22. The van der Waals surface area contributed by atoms with Crippen LogP contribution in [0.2, 0.25) is 0 Å². The van der Waals surface area contributed by atoms with Gasteiger partial charge in [0.2, 0.25) is 0 Å². The van der Waals surface area contributed by atoms with Crippen molar-refractivity contribution in [2.75, 3.05) is 13.1 Å². The summed E-state index contributed by atoms with van der Waals surface area (Å²) in [5.74, 6) is 0. The molecule has 1 aliphatic heterocycles. The lowest BCUT2D eigenvalue weighted by molar-refractivity contribution is -0.272. The fourth-order valence-electron chi connectivity index (χ4n) is 2.13. The first kappa shape index (κ1) is 13.8. The van der Waals surface area contributed by atoms with Crippen LogP contribution >= 0.6 is 11.3 Å². The monoisotopic (exact) mass is 280 g/mol. The Morgan fingerprint density at radius 2 is 2.28 bits per heavy atom. The molecule has 2 heterocycles. The smallest absolute Gasteiger partial charge is 0.360 e. The van der Waals surface area contributed by atoms with Crippen LogP contribution in [0, 0.1) is 0 Å². The first-order chi connectivity index (χ1) is 8.26. The molecule has 1 fully saturated rings. The third kappa shape index (κ3) is 3.43. The van der Waals surface area contributed by atoms with Gasteiger partial charge < -0.3 is 4.74 Å². The minimum absolute atomic E-state index is 0.120. The number of hydrogen-bond donors (Lipinski definition) is 0. The maximum Gasteiger partial charge on any atom is 0.415 e. The van der Waals surface area contributed by atoms with Crippen LogP contribution in [0.3, 0.4) is 0 Å². The van der Waals surface area contributed by atoms with E-state index < -0.39 is 17.9 Å². The van der Waals surface area contributed by atoms with Crippen molar-refractivity contribution >= 4 is 11.3 Å². The summed E-state index contributed by atoms with van der Waals surface area (Å²) in [6.07, 6.45) is -4.34. The van der Waals surface area contributed by atoms with E-state index in [4.69, 9.17) is 4.74 Å². The molecule has 0 aliphatic carbocycles. The number of nitrogens with zero attached hydrogens (tertiary/aromatic N) is 2. The summed E-state index contributed by atoms with van der Waals surface area (Å²) in [5, 5.41) is 0. The molecule has 1 aromatic heterocycles. The lowest BCUT2D eigenvalue weighted by Gasteiger charge is -2.43. The number of morpholine rings is 1. The van der Waals surface area contributed by atoms with Gasteiger partial charge in [0.25, 0.3) is 0 Å². The molecule has 1 aliphatic rings. The Bertz CT molecular complexity index is 391. The molecule has 1 unspecified atom stereocenters. The molecule has 1 saturated heterocycles. The zero-order chi connectivity index (χ0) is 13.4. The number of hydrogen-bond acceptors (Lipinski definition) is 4. The number of thiazole rings is 1. The van der Waals surface area contributed by atoms with E-state index in [0.717, 1.165) is 4.88 Å². The highest BCUT2D eigenvalue weighted by Gasteiger charge is 2.47. The molecule has 0 bridgehead atoms. The number of ether oxygens (including phenoxy) is 1. The van der Waals surface area contributed by atoms with Crippen molar-refractivity contribution in [1.29, 1.82) is 0 Å². The van der Waals surface area contributed by atoms with Gasteiger partial charge in [-0.2, -0.15) is 13.2 Å². The highest BCUT2D eigenvalue weighted by molar-refractivity contribution is 7.09. The summed E-state index contributed by atoms with van der Waals surface area (Å²) in [6, 6.07) is 0. The Labute approximate surface area is 108 Å². The van der Waals surface area contributed by atoms with E-state index in [-0.39, 0.29) is 6.54 Å². The zero-order valence-corrected chi connectivity index (χ0v) is 11.0. The normalized spacial score (nSPS) is 25.3. The van der Waals surface area contributed by atoms with Gasteiger partial charge >= 0.3 is 6.18 Å². The van der Waals surface area contributed by atoms with E-state index in [1.165, 1.54) is 11.3 Å². The van der Waals surface area contributed by atoms with E-state index in [2.05, 4.69) is 4.98 Å². The molecule has 0 N–H and O–H groups in total. The first-order valence-corrected chi connectivity index (χ1v) is 6.48. The Morgan fingerprint density at radius 1 is 1.56 bits per heavy atom. The quantitative estimate of drug-likeness (QED) is 0.833.